The summed E-state index contributed by atoms with van der Waals surface area (Å²) in [5.41, 5.74) is 3.73. The second-order valence-corrected chi connectivity index (χ2v) is 4.85. The van der Waals surface area contributed by atoms with E-state index in [1.54, 1.807) is 17.0 Å². The largest absolute Gasteiger partial charge is 0.395 e. The lowest BCUT2D eigenvalue weighted by Crippen LogP contribution is -2.41. The molecule has 1 aromatic carbocycles. The monoisotopic (exact) mass is 263 g/mol. The van der Waals surface area contributed by atoms with Crippen LogP contribution in [0.2, 0.25) is 0 Å². The van der Waals surface area contributed by atoms with Crippen LogP contribution in [0.1, 0.15) is 36.0 Å². The lowest BCUT2D eigenvalue weighted by atomic mass is 10.1. The van der Waals surface area contributed by atoms with Crippen molar-refractivity contribution in [3.63, 3.8) is 0 Å². The van der Waals surface area contributed by atoms with Crippen molar-refractivity contribution in [3.05, 3.63) is 29.8 Å². The molecule has 0 atom stereocenters. The van der Waals surface area contributed by atoms with Gasteiger partial charge in [-0.05, 0) is 25.0 Å². The number of aliphatic hydroxyl groups is 1. The molecule has 0 aromatic heterocycles. The number of aliphatic hydroxyl groups excluding tert-OH is 1. The molecule has 19 heavy (non-hydrogen) atoms. The lowest BCUT2D eigenvalue weighted by molar-refractivity contribution is 0.0639. The topological polar surface area (TPSA) is 78.6 Å². The number of nitrogens with one attached hydrogen (secondary N) is 1. The van der Waals surface area contributed by atoms with Crippen LogP contribution in [0.15, 0.2) is 24.3 Å². The van der Waals surface area contributed by atoms with E-state index in [4.69, 9.17) is 5.84 Å². The number of hydrogen-bond donors (Lipinski definition) is 3. The number of nitrogens with zero attached hydrogens (tertiary/aromatic N) is 1. The highest BCUT2D eigenvalue weighted by Crippen LogP contribution is 2.26. The van der Waals surface area contributed by atoms with Gasteiger partial charge in [0, 0.05) is 12.6 Å². The fourth-order valence-corrected chi connectivity index (χ4v) is 2.72. The highest BCUT2D eigenvalue weighted by molar-refractivity contribution is 5.99. The molecule has 1 saturated carbocycles. The molecule has 1 fully saturated rings. The van der Waals surface area contributed by atoms with Crippen LogP contribution in [0.25, 0.3) is 0 Å². The number of nitrogen functional groups attached to an aromatic ring is 1. The van der Waals surface area contributed by atoms with Gasteiger partial charge >= 0.3 is 0 Å². The van der Waals surface area contributed by atoms with Crippen molar-refractivity contribution in [2.75, 3.05) is 18.6 Å². The Morgan fingerprint density at radius 1 is 1.37 bits per heavy atom. The van der Waals surface area contributed by atoms with E-state index >= 15 is 0 Å². The summed E-state index contributed by atoms with van der Waals surface area (Å²) >= 11 is 0. The number of carbonyl (C=O) groups excluding carboxylic acids is 1. The van der Waals surface area contributed by atoms with Crippen molar-refractivity contribution in [2.45, 2.75) is 31.7 Å². The summed E-state index contributed by atoms with van der Waals surface area (Å²) in [7, 11) is 0. The molecule has 5 heteroatoms. The van der Waals surface area contributed by atoms with E-state index in [9.17, 15) is 9.90 Å². The van der Waals surface area contributed by atoms with Gasteiger partial charge in [-0.15, -0.1) is 0 Å². The molecular weight excluding hydrogens is 242 g/mol. The molecule has 1 aliphatic rings. The van der Waals surface area contributed by atoms with Gasteiger partial charge < -0.3 is 15.4 Å². The number of hydrogen-bond acceptors (Lipinski definition) is 4. The molecule has 5 nitrogen and oxygen atoms in total. The third-order valence-electron chi connectivity index (χ3n) is 3.68. The Labute approximate surface area is 113 Å². The first kappa shape index (κ1) is 13.8. The molecule has 1 amide bonds. The highest BCUT2D eigenvalue weighted by Gasteiger charge is 2.27. The minimum absolute atomic E-state index is 0.0134. The maximum atomic E-state index is 12.6. The summed E-state index contributed by atoms with van der Waals surface area (Å²) < 4.78 is 0. The average molecular weight is 263 g/mol. The molecule has 4 N–H and O–H groups in total. The van der Waals surface area contributed by atoms with Crippen LogP contribution in [0.5, 0.6) is 0 Å². The number of benzene rings is 1. The van der Waals surface area contributed by atoms with Crippen LogP contribution in [-0.2, 0) is 0 Å². The number of nitrogens with two attached hydrogens (primary N) is 1. The van der Waals surface area contributed by atoms with Crippen molar-refractivity contribution in [3.8, 4) is 0 Å². The Balaban J connectivity index is 2.22. The van der Waals surface area contributed by atoms with E-state index < -0.39 is 0 Å². The van der Waals surface area contributed by atoms with Gasteiger partial charge in [0.25, 0.3) is 5.91 Å². The first-order chi connectivity index (χ1) is 9.27. The van der Waals surface area contributed by atoms with Crippen LogP contribution in [0.4, 0.5) is 5.69 Å². The Hall–Kier alpha value is -1.59. The Morgan fingerprint density at radius 3 is 2.68 bits per heavy atom. The second kappa shape index (κ2) is 6.54. The third-order valence-corrected chi connectivity index (χ3v) is 3.68. The van der Waals surface area contributed by atoms with Gasteiger partial charge in [-0.3, -0.25) is 10.6 Å². The van der Waals surface area contributed by atoms with E-state index in [0.29, 0.717) is 17.8 Å². The standard InChI is InChI=1S/C14H21N3O2/c15-16-13-8-4-3-7-12(13)14(19)17(9-10-18)11-5-1-2-6-11/h3-4,7-8,11,16,18H,1-2,5-6,9-10,15H2. The number of para-hydroxylation sites is 1. The summed E-state index contributed by atoms with van der Waals surface area (Å²) in [5, 5.41) is 9.19. The zero-order valence-corrected chi connectivity index (χ0v) is 11.0. The zero-order valence-electron chi connectivity index (χ0n) is 11.0. The molecule has 0 unspecified atom stereocenters. The molecule has 104 valence electrons. The summed E-state index contributed by atoms with van der Waals surface area (Å²) in [5.74, 6) is 5.39. The van der Waals surface area contributed by atoms with E-state index in [1.807, 2.05) is 12.1 Å². The first-order valence-corrected chi connectivity index (χ1v) is 6.75. The molecule has 1 aliphatic carbocycles. The van der Waals surface area contributed by atoms with Crippen LogP contribution < -0.4 is 11.3 Å². The fraction of sp³-hybridized carbons (Fsp3) is 0.500. The Morgan fingerprint density at radius 2 is 2.05 bits per heavy atom. The van der Waals surface area contributed by atoms with Gasteiger partial charge in [-0.25, -0.2) is 0 Å². The molecule has 0 spiro atoms. The van der Waals surface area contributed by atoms with E-state index in [2.05, 4.69) is 5.43 Å². The maximum absolute atomic E-state index is 12.6. The maximum Gasteiger partial charge on any atom is 0.256 e. The van der Waals surface area contributed by atoms with Gasteiger partial charge in [0.1, 0.15) is 0 Å². The van der Waals surface area contributed by atoms with E-state index in [-0.39, 0.29) is 18.6 Å². The predicted molar refractivity (Wildman–Crippen MR) is 74.6 cm³/mol. The van der Waals surface area contributed by atoms with Crippen molar-refractivity contribution in [1.82, 2.24) is 4.90 Å². The molecule has 2 rings (SSSR count). The molecule has 0 bridgehead atoms. The average Bonchev–Trinajstić information content (AvgIpc) is 2.98. The number of hydrazine groups is 1. The number of amides is 1. The smallest absolute Gasteiger partial charge is 0.256 e. The van der Waals surface area contributed by atoms with Gasteiger partial charge in [0.15, 0.2) is 0 Å². The Bertz CT molecular complexity index is 430. The highest BCUT2D eigenvalue weighted by atomic mass is 16.3. The zero-order chi connectivity index (χ0) is 13.7. The summed E-state index contributed by atoms with van der Waals surface area (Å²) in [6, 6.07) is 7.43. The minimum Gasteiger partial charge on any atom is -0.395 e. The lowest BCUT2D eigenvalue weighted by Gasteiger charge is -2.29. The van der Waals surface area contributed by atoms with Crippen molar-refractivity contribution < 1.29 is 9.90 Å². The van der Waals surface area contributed by atoms with Crippen LogP contribution in [0.3, 0.4) is 0 Å². The normalized spacial score (nSPS) is 15.5. The molecule has 1 aromatic rings. The summed E-state index contributed by atoms with van der Waals surface area (Å²) in [6.07, 6.45) is 4.33. The summed E-state index contributed by atoms with van der Waals surface area (Å²) in [6.45, 7) is 0.364. The van der Waals surface area contributed by atoms with Crippen molar-refractivity contribution in [1.29, 1.82) is 0 Å². The van der Waals surface area contributed by atoms with Gasteiger partial charge in [-0.1, -0.05) is 25.0 Å². The molecule has 0 radical (unpaired) electrons. The first-order valence-electron chi connectivity index (χ1n) is 6.75. The van der Waals surface area contributed by atoms with Crippen LogP contribution in [-0.4, -0.2) is 35.1 Å². The number of carbonyl (C=O) groups is 1. The van der Waals surface area contributed by atoms with Gasteiger partial charge in [0.05, 0.1) is 17.9 Å². The minimum atomic E-state index is -0.0606. The van der Waals surface area contributed by atoms with Gasteiger partial charge in [-0.2, -0.15) is 0 Å². The second-order valence-electron chi connectivity index (χ2n) is 4.85. The van der Waals surface area contributed by atoms with Crippen LogP contribution in [0, 0.1) is 0 Å². The fourth-order valence-electron chi connectivity index (χ4n) is 2.72. The van der Waals surface area contributed by atoms with Crippen LogP contribution >= 0.6 is 0 Å². The quantitative estimate of drug-likeness (QED) is 0.553. The number of rotatable bonds is 5. The summed E-state index contributed by atoms with van der Waals surface area (Å²) in [4.78, 5) is 14.4. The van der Waals surface area contributed by atoms with Crippen molar-refractivity contribution >= 4 is 11.6 Å². The third kappa shape index (κ3) is 3.05. The Kier molecular flexibility index (Phi) is 4.76. The SMILES string of the molecule is NNc1ccccc1C(=O)N(CCO)C1CCCC1. The predicted octanol–water partition coefficient (Wildman–Crippen LogP) is 1.35. The molecular formula is C14H21N3O2. The molecule has 0 saturated heterocycles. The van der Waals surface area contributed by atoms with E-state index in [1.165, 1.54) is 0 Å². The van der Waals surface area contributed by atoms with E-state index in [0.717, 1.165) is 25.7 Å². The molecule has 0 heterocycles. The molecule has 0 aliphatic heterocycles. The van der Waals surface area contributed by atoms with Gasteiger partial charge in [0.2, 0.25) is 0 Å². The van der Waals surface area contributed by atoms with Crippen molar-refractivity contribution in [2.24, 2.45) is 5.84 Å². The number of anilines is 1.